The molecule has 4 heterocycles. The van der Waals surface area contributed by atoms with E-state index in [0.29, 0.717) is 11.1 Å². The first-order valence-corrected chi connectivity index (χ1v) is 16.3. The van der Waals surface area contributed by atoms with Gasteiger partial charge in [-0.05, 0) is 84.9 Å². The minimum atomic E-state index is 0.638. The zero-order valence-corrected chi connectivity index (χ0v) is 27.5. The number of hydrogen-bond acceptors (Lipinski definition) is 4. The van der Waals surface area contributed by atoms with E-state index in [4.69, 9.17) is 10.2 Å². The first-order valence-electron chi connectivity index (χ1n) is 15.5. The molecule has 0 saturated heterocycles. The normalized spacial score (nSPS) is 10.9. The van der Waals surface area contributed by atoms with E-state index >= 15 is 0 Å². The highest BCUT2D eigenvalue weighted by molar-refractivity contribution is 9.10. The number of fused-ring (bicyclic) bond motifs is 10. The summed E-state index contributed by atoms with van der Waals surface area (Å²) in [6.07, 6.45) is 0. The Morgan fingerprint density at radius 2 is 1.10 bits per heavy atom. The second-order valence-corrected chi connectivity index (χ2v) is 12.2. The lowest BCUT2D eigenvalue weighted by Gasteiger charge is -2.05. The van der Waals surface area contributed by atoms with Crippen LogP contribution in [0.15, 0.2) is 150 Å². The SMILES string of the molecule is N#Cc1cccc(-n2c3ccccc3n3c4ccccc4nc23)c1.N#Cc1cccc(Br)c1.c1ccc2c(c1)nc1[nH]c3ccccc3n12. The van der Waals surface area contributed by atoms with Crippen molar-refractivity contribution in [1.29, 1.82) is 10.5 Å². The summed E-state index contributed by atoms with van der Waals surface area (Å²) in [7, 11) is 0. The van der Waals surface area contributed by atoms with Crippen LogP contribution in [0.2, 0.25) is 0 Å². The molecule has 0 radical (unpaired) electrons. The monoisotopic (exact) mass is 696 g/mol. The third-order valence-electron chi connectivity index (χ3n) is 8.25. The summed E-state index contributed by atoms with van der Waals surface area (Å²) in [6.45, 7) is 0. The van der Waals surface area contributed by atoms with Crippen LogP contribution >= 0.6 is 15.9 Å². The first-order chi connectivity index (χ1) is 24.1. The van der Waals surface area contributed by atoms with Crippen LogP contribution in [0.5, 0.6) is 0 Å². The van der Waals surface area contributed by atoms with Crippen molar-refractivity contribution >= 4 is 71.6 Å². The highest BCUT2D eigenvalue weighted by atomic mass is 79.9. The lowest BCUT2D eigenvalue weighted by molar-refractivity contribution is 1.11. The van der Waals surface area contributed by atoms with Gasteiger partial charge < -0.3 is 4.98 Å². The number of nitriles is 2. The third-order valence-corrected chi connectivity index (χ3v) is 8.74. The molecular formula is C40H25BrN8. The molecule has 10 rings (SSSR count). The molecule has 0 saturated carbocycles. The number of imidazole rings is 4. The summed E-state index contributed by atoms with van der Waals surface area (Å²) < 4.78 is 7.38. The van der Waals surface area contributed by atoms with Gasteiger partial charge in [-0.2, -0.15) is 10.5 Å². The summed E-state index contributed by atoms with van der Waals surface area (Å²) in [6, 6.07) is 51.9. The van der Waals surface area contributed by atoms with E-state index in [1.54, 1.807) is 12.1 Å². The van der Waals surface area contributed by atoms with Crippen molar-refractivity contribution in [3.05, 3.63) is 161 Å². The summed E-state index contributed by atoms with van der Waals surface area (Å²) >= 11 is 3.25. The Bertz CT molecular complexity index is 2830. The summed E-state index contributed by atoms with van der Waals surface area (Å²) in [5, 5.41) is 17.6. The molecule has 0 aliphatic rings. The Kier molecular flexibility index (Phi) is 7.57. The van der Waals surface area contributed by atoms with Gasteiger partial charge in [0, 0.05) is 4.47 Å². The number of aromatic amines is 1. The van der Waals surface area contributed by atoms with Crippen LogP contribution in [0.4, 0.5) is 0 Å². The van der Waals surface area contributed by atoms with Gasteiger partial charge >= 0.3 is 0 Å². The van der Waals surface area contributed by atoms with Crippen molar-refractivity contribution in [1.82, 2.24) is 28.3 Å². The number of para-hydroxylation sites is 8. The maximum absolute atomic E-state index is 9.22. The minimum absolute atomic E-state index is 0.638. The number of aromatic nitrogens is 6. The number of nitrogens with zero attached hydrogens (tertiary/aromatic N) is 7. The van der Waals surface area contributed by atoms with Crippen LogP contribution in [0.1, 0.15) is 11.1 Å². The molecule has 0 unspecified atom stereocenters. The lowest BCUT2D eigenvalue weighted by atomic mass is 10.2. The average Bonchev–Trinajstić information content (AvgIpc) is 3.89. The molecular weight excluding hydrogens is 672 g/mol. The van der Waals surface area contributed by atoms with E-state index in [2.05, 4.69) is 81.7 Å². The van der Waals surface area contributed by atoms with Crippen molar-refractivity contribution in [3.8, 4) is 17.8 Å². The Balaban J connectivity index is 0.000000120. The average molecular weight is 698 g/mol. The van der Waals surface area contributed by atoms with Crippen LogP contribution < -0.4 is 0 Å². The zero-order chi connectivity index (χ0) is 33.3. The molecule has 0 atom stereocenters. The molecule has 4 aromatic heterocycles. The second kappa shape index (κ2) is 12.5. The third kappa shape index (κ3) is 5.35. The van der Waals surface area contributed by atoms with E-state index in [1.807, 2.05) is 103 Å². The van der Waals surface area contributed by atoms with Crippen LogP contribution in [0.25, 0.3) is 61.4 Å². The van der Waals surface area contributed by atoms with Gasteiger partial charge in [0.05, 0.1) is 73.1 Å². The number of benzene rings is 6. The molecule has 0 aliphatic heterocycles. The van der Waals surface area contributed by atoms with Gasteiger partial charge in [0.2, 0.25) is 11.6 Å². The zero-order valence-electron chi connectivity index (χ0n) is 25.9. The largest absolute Gasteiger partial charge is 0.323 e. The highest BCUT2D eigenvalue weighted by Gasteiger charge is 2.16. The van der Waals surface area contributed by atoms with Crippen molar-refractivity contribution in [2.45, 2.75) is 0 Å². The topological polar surface area (TPSA) is 103 Å². The Labute approximate surface area is 288 Å². The maximum atomic E-state index is 9.22. The van der Waals surface area contributed by atoms with Gasteiger partial charge in [-0.25, -0.2) is 9.97 Å². The van der Waals surface area contributed by atoms with Crippen molar-refractivity contribution in [2.75, 3.05) is 0 Å². The molecule has 0 bridgehead atoms. The van der Waals surface area contributed by atoms with Gasteiger partial charge in [0.25, 0.3) is 0 Å². The predicted molar refractivity (Wildman–Crippen MR) is 198 cm³/mol. The van der Waals surface area contributed by atoms with Gasteiger partial charge in [-0.1, -0.05) is 76.6 Å². The van der Waals surface area contributed by atoms with E-state index in [9.17, 15) is 5.26 Å². The first kappa shape index (κ1) is 29.7. The number of halogens is 1. The van der Waals surface area contributed by atoms with Crippen molar-refractivity contribution in [2.24, 2.45) is 0 Å². The summed E-state index contributed by atoms with van der Waals surface area (Å²) in [4.78, 5) is 12.7. The van der Waals surface area contributed by atoms with E-state index in [-0.39, 0.29) is 0 Å². The number of H-pyrrole nitrogens is 1. The smallest absolute Gasteiger partial charge is 0.220 e. The lowest BCUT2D eigenvalue weighted by Crippen LogP contribution is -1.95. The quantitative estimate of drug-likeness (QED) is 0.185. The van der Waals surface area contributed by atoms with Crippen LogP contribution in [-0.4, -0.2) is 28.3 Å². The number of hydrogen-bond donors (Lipinski definition) is 1. The summed E-state index contributed by atoms with van der Waals surface area (Å²) in [5.41, 5.74) is 10.9. The standard InChI is InChI=1S/C20H12N4.C13H9N3.C7H4BrN/c21-13-14-6-5-7-15(12-14)23-18-10-3-4-11-19(18)24-17-9-2-1-8-16(17)22-20(23)24;1-3-7-11-9(5-1)14-13-15-10-6-2-4-8-12(10)16(11)13;8-7-3-1-2-6(4-7)5-9/h1-12H;1-8H,(H,14,15);1-4H. The molecule has 49 heavy (non-hydrogen) atoms. The molecule has 10 aromatic rings. The van der Waals surface area contributed by atoms with E-state index < -0.39 is 0 Å². The Hall–Kier alpha value is -6.68. The fraction of sp³-hybridized carbons (Fsp3) is 0. The second-order valence-electron chi connectivity index (χ2n) is 11.2. The molecule has 0 fully saturated rings. The van der Waals surface area contributed by atoms with Crippen LogP contribution in [0, 0.1) is 22.7 Å². The van der Waals surface area contributed by atoms with Crippen LogP contribution in [0.3, 0.4) is 0 Å². The molecule has 9 heteroatoms. The Morgan fingerprint density at radius 1 is 0.531 bits per heavy atom. The fourth-order valence-electron chi connectivity index (χ4n) is 6.13. The molecule has 0 spiro atoms. The van der Waals surface area contributed by atoms with Gasteiger partial charge in [0.15, 0.2) is 0 Å². The van der Waals surface area contributed by atoms with Gasteiger partial charge in [0.1, 0.15) is 0 Å². The minimum Gasteiger partial charge on any atom is -0.323 e. The Morgan fingerprint density at radius 3 is 1.80 bits per heavy atom. The molecule has 6 aromatic carbocycles. The number of nitrogens with one attached hydrogen (secondary N) is 1. The molecule has 232 valence electrons. The van der Waals surface area contributed by atoms with Crippen molar-refractivity contribution in [3.63, 3.8) is 0 Å². The van der Waals surface area contributed by atoms with Gasteiger partial charge in [-0.15, -0.1) is 0 Å². The predicted octanol–water partition coefficient (Wildman–Crippen LogP) is 9.59. The van der Waals surface area contributed by atoms with E-state index in [0.717, 1.165) is 60.3 Å². The van der Waals surface area contributed by atoms with Crippen molar-refractivity contribution < 1.29 is 0 Å². The molecule has 1 N–H and O–H groups in total. The highest BCUT2D eigenvalue weighted by Crippen LogP contribution is 2.29. The molecule has 8 nitrogen and oxygen atoms in total. The maximum Gasteiger partial charge on any atom is 0.220 e. The van der Waals surface area contributed by atoms with E-state index in [1.165, 1.54) is 5.52 Å². The number of rotatable bonds is 1. The fourth-order valence-corrected chi connectivity index (χ4v) is 6.53. The molecule has 0 aliphatic carbocycles. The van der Waals surface area contributed by atoms with Crippen LogP contribution in [-0.2, 0) is 0 Å². The van der Waals surface area contributed by atoms with Gasteiger partial charge in [-0.3, -0.25) is 13.4 Å². The summed E-state index contributed by atoms with van der Waals surface area (Å²) in [5.74, 6) is 1.76. The molecule has 0 amide bonds.